The molecule has 5 aromatic rings. The lowest BCUT2D eigenvalue weighted by molar-refractivity contribution is -0.136. The first kappa shape index (κ1) is 24.8. The van der Waals surface area contributed by atoms with Crippen LogP contribution in [0.1, 0.15) is 29.7 Å². The lowest BCUT2D eigenvalue weighted by Gasteiger charge is -2.24. The number of methoxy groups -OCH3 is 1. The van der Waals surface area contributed by atoms with E-state index >= 15 is 0 Å². The third-order valence-electron chi connectivity index (χ3n) is 6.95. The van der Waals surface area contributed by atoms with Crippen LogP contribution in [0.25, 0.3) is 17.0 Å². The quantitative estimate of drug-likeness (QED) is 0.309. The van der Waals surface area contributed by atoms with Gasteiger partial charge in [-0.3, -0.25) is 9.36 Å². The highest BCUT2D eigenvalue weighted by molar-refractivity contribution is 7.07. The SMILES string of the molecule is COC(=O)C1=C(C)N=c2s/c(=C\c3cn(Cc4ccccc4F)c4ccccc34)c(=O)n2[C@H]1c1ccccc1. The van der Waals surface area contributed by atoms with Crippen molar-refractivity contribution in [1.82, 2.24) is 9.13 Å². The minimum atomic E-state index is -0.653. The lowest BCUT2D eigenvalue weighted by atomic mass is 9.96. The molecule has 0 unspecified atom stereocenters. The molecule has 39 heavy (non-hydrogen) atoms. The largest absolute Gasteiger partial charge is 0.466 e. The molecule has 0 saturated carbocycles. The Morgan fingerprint density at radius 3 is 2.54 bits per heavy atom. The van der Waals surface area contributed by atoms with Crippen LogP contribution in [0, 0.1) is 5.82 Å². The summed E-state index contributed by atoms with van der Waals surface area (Å²) in [5.41, 5.74) is 3.76. The van der Waals surface area contributed by atoms with Crippen molar-refractivity contribution in [1.29, 1.82) is 0 Å². The number of benzene rings is 3. The predicted molar refractivity (Wildman–Crippen MR) is 150 cm³/mol. The summed E-state index contributed by atoms with van der Waals surface area (Å²) >= 11 is 1.28. The average Bonchev–Trinajstić information content (AvgIpc) is 3.45. The summed E-state index contributed by atoms with van der Waals surface area (Å²) in [7, 11) is 1.33. The van der Waals surface area contributed by atoms with Gasteiger partial charge in [-0.05, 0) is 30.7 Å². The van der Waals surface area contributed by atoms with Crippen molar-refractivity contribution in [3.05, 3.63) is 139 Å². The number of thiazole rings is 1. The van der Waals surface area contributed by atoms with Crippen LogP contribution in [0.15, 0.2) is 106 Å². The maximum absolute atomic E-state index is 14.4. The highest BCUT2D eigenvalue weighted by atomic mass is 32.1. The number of carbonyl (C=O) groups is 1. The summed E-state index contributed by atoms with van der Waals surface area (Å²) in [6.45, 7) is 2.12. The molecule has 0 saturated heterocycles. The maximum Gasteiger partial charge on any atom is 0.338 e. The van der Waals surface area contributed by atoms with Crippen LogP contribution in [-0.4, -0.2) is 22.2 Å². The Balaban J connectivity index is 1.53. The second kappa shape index (κ2) is 9.96. The fraction of sp³-hybridized carbons (Fsp3) is 0.129. The van der Waals surface area contributed by atoms with Crippen LogP contribution in [0.5, 0.6) is 0 Å². The third-order valence-corrected chi connectivity index (χ3v) is 7.93. The summed E-state index contributed by atoms with van der Waals surface area (Å²) in [6.07, 6.45) is 3.79. The van der Waals surface area contributed by atoms with E-state index in [-0.39, 0.29) is 11.4 Å². The van der Waals surface area contributed by atoms with Gasteiger partial charge in [0.15, 0.2) is 4.80 Å². The highest BCUT2D eigenvalue weighted by Gasteiger charge is 2.32. The number of carbonyl (C=O) groups excluding carboxylic acids is 1. The summed E-state index contributed by atoms with van der Waals surface area (Å²) in [5, 5.41) is 0.950. The van der Waals surface area contributed by atoms with E-state index in [0.717, 1.165) is 22.0 Å². The van der Waals surface area contributed by atoms with Crippen LogP contribution in [-0.2, 0) is 16.1 Å². The molecule has 0 fully saturated rings. The second-order valence-electron chi connectivity index (χ2n) is 9.30. The van der Waals surface area contributed by atoms with Crippen molar-refractivity contribution in [3.8, 4) is 0 Å². The van der Waals surface area contributed by atoms with Crippen molar-refractivity contribution in [2.75, 3.05) is 7.11 Å². The van der Waals surface area contributed by atoms with Crippen LogP contribution in [0.4, 0.5) is 4.39 Å². The van der Waals surface area contributed by atoms with Gasteiger partial charge in [0, 0.05) is 28.2 Å². The molecule has 0 aliphatic carbocycles. The third kappa shape index (κ3) is 4.32. The number of halogens is 1. The van der Waals surface area contributed by atoms with Gasteiger partial charge < -0.3 is 9.30 Å². The zero-order chi connectivity index (χ0) is 27.1. The topological polar surface area (TPSA) is 65.6 Å². The highest BCUT2D eigenvalue weighted by Crippen LogP contribution is 2.30. The normalized spacial score (nSPS) is 15.4. The van der Waals surface area contributed by atoms with E-state index in [2.05, 4.69) is 4.99 Å². The number of para-hydroxylation sites is 1. The molecule has 0 amide bonds. The summed E-state index contributed by atoms with van der Waals surface area (Å²) < 4.78 is 23.5. The Morgan fingerprint density at radius 2 is 1.77 bits per heavy atom. The molecule has 3 aromatic carbocycles. The van der Waals surface area contributed by atoms with Crippen molar-refractivity contribution in [2.24, 2.45) is 4.99 Å². The van der Waals surface area contributed by atoms with E-state index in [9.17, 15) is 14.0 Å². The van der Waals surface area contributed by atoms with Crippen LogP contribution in [0.3, 0.4) is 0 Å². The Bertz CT molecular complexity index is 1950. The summed E-state index contributed by atoms with van der Waals surface area (Å²) in [4.78, 5) is 31.8. The van der Waals surface area contributed by atoms with E-state index in [1.165, 1.54) is 24.5 Å². The van der Waals surface area contributed by atoms with E-state index < -0.39 is 12.0 Å². The molecule has 1 aliphatic rings. The van der Waals surface area contributed by atoms with Crippen molar-refractivity contribution >= 4 is 34.3 Å². The Hall–Kier alpha value is -4.56. The molecule has 2 aromatic heterocycles. The Morgan fingerprint density at radius 1 is 1.05 bits per heavy atom. The molecule has 0 spiro atoms. The zero-order valence-corrected chi connectivity index (χ0v) is 22.1. The molecule has 6 nitrogen and oxygen atoms in total. The molecule has 194 valence electrons. The van der Waals surface area contributed by atoms with Gasteiger partial charge in [-0.1, -0.05) is 78.1 Å². The number of fused-ring (bicyclic) bond motifs is 2. The molecule has 3 heterocycles. The van der Waals surface area contributed by atoms with E-state index in [0.29, 0.717) is 32.7 Å². The molecule has 8 heteroatoms. The minimum Gasteiger partial charge on any atom is -0.466 e. The first-order valence-corrected chi connectivity index (χ1v) is 13.2. The lowest BCUT2D eigenvalue weighted by Crippen LogP contribution is -2.39. The first-order chi connectivity index (χ1) is 19.0. The van der Waals surface area contributed by atoms with Crippen molar-refractivity contribution in [2.45, 2.75) is 19.5 Å². The van der Waals surface area contributed by atoms with Crippen LogP contribution < -0.4 is 14.9 Å². The number of hydrogen-bond donors (Lipinski definition) is 0. The number of hydrogen-bond acceptors (Lipinski definition) is 5. The molecule has 0 N–H and O–H groups in total. The second-order valence-corrected chi connectivity index (χ2v) is 10.3. The van der Waals surface area contributed by atoms with Gasteiger partial charge in [-0.25, -0.2) is 14.2 Å². The van der Waals surface area contributed by atoms with Crippen molar-refractivity contribution in [3.63, 3.8) is 0 Å². The number of rotatable bonds is 5. The minimum absolute atomic E-state index is 0.243. The van der Waals surface area contributed by atoms with Gasteiger partial charge in [-0.15, -0.1) is 0 Å². The summed E-state index contributed by atoms with van der Waals surface area (Å²) in [6, 6.07) is 23.3. The number of allylic oxidation sites excluding steroid dienone is 1. The Labute approximate surface area is 227 Å². The number of nitrogens with zero attached hydrogens (tertiary/aromatic N) is 3. The van der Waals surface area contributed by atoms with Gasteiger partial charge >= 0.3 is 5.97 Å². The predicted octanol–water partition coefficient (Wildman–Crippen LogP) is 4.55. The van der Waals surface area contributed by atoms with Gasteiger partial charge in [-0.2, -0.15) is 0 Å². The first-order valence-electron chi connectivity index (χ1n) is 12.4. The van der Waals surface area contributed by atoms with E-state index in [1.807, 2.05) is 77.5 Å². The number of ether oxygens (including phenoxy) is 1. The molecule has 1 atom stereocenters. The van der Waals surface area contributed by atoms with E-state index in [1.54, 1.807) is 23.6 Å². The zero-order valence-electron chi connectivity index (χ0n) is 21.3. The van der Waals surface area contributed by atoms with E-state index in [4.69, 9.17) is 4.74 Å². The van der Waals surface area contributed by atoms with Gasteiger partial charge in [0.1, 0.15) is 5.82 Å². The molecular formula is C31H24FN3O3S. The average molecular weight is 538 g/mol. The Kier molecular flexibility index (Phi) is 6.32. The van der Waals surface area contributed by atoms with Crippen LogP contribution in [0.2, 0.25) is 0 Å². The van der Waals surface area contributed by atoms with Crippen LogP contribution >= 0.6 is 11.3 Å². The smallest absolute Gasteiger partial charge is 0.338 e. The standard InChI is InChI=1S/C31H24FN3O3S/c1-19-27(30(37)38-2)28(20-10-4-3-5-11-20)35-29(36)26(39-31(35)33-19)16-22-18-34(25-15-9-7-13-23(22)25)17-21-12-6-8-14-24(21)32/h3-16,18,28H,17H2,1-2H3/b26-16-/t28-/m0/s1. The fourth-order valence-corrected chi connectivity index (χ4v) is 6.15. The molecule has 0 bridgehead atoms. The number of esters is 1. The van der Waals surface area contributed by atoms with Crippen molar-refractivity contribution < 1.29 is 13.9 Å². The molecular weight excluding hydrogens is 513 g/mol. The molecule has 0 radical (unpaired) electrons. The van der Waals surface area contributed by atoms with Gasteiger partial charge in [0.25, 0.3) is 5.56 Å². The monoisotopic (exact) mass is 537 g/mol. The molecule has 1 aliphatic heterocycles. The maximum atomic E-state index is 14.4. The van der Waals surface area contributed by atoms with Gasteiger partial charge in [0.05, 0.1) is 35.5 Å². The fourth-order valence-electron chi connectivity index (χ4n) is 5.12. The number of aromatic nitrogens is 2. The van der Waals surface area contributed by atoms with Gasteiger partial charge in [0.2, 0.25) is 0 Å². The molecule has 6 rings (SSSR count). The summed E-state index contributed by atoms with van der Waals surface area (Å²) in [5.74, 6) is -0.779.